The van der Waals surface area contributed by atoms with E-state index < -0.39 is 11.7 Å². The molecule has 1 heterocycles. The summed E-state index contributed by atoms with van der Waals surface area (Å²) in [6, 6.07) is 5.33. The molecule has 1 aromatic rings. The minimum absolute atomic E-state index is 0.167. The molecule has 0 saturated carbocycles. The summed E-state index contributed by atoms with van der Waals surface area (Å²) in [6.07, 6.45) is 0.245. The van der Waals surface area contributed by atoms with Crippen molar-refractivity contribution in [3.05, 3.63) is 23.8 Å². The zero-order valence-electron chi connectivity index (χ0n) is 11.5. The molecule has 1 aliphatic heterocycles. The van der Waals surface area contributed by atoms with E-state index in [1.807, 2.05) is 32.9 Å². The second-order valence-corrected chi connectivity index (χ2v) is 5.60. The van der Waals surface area contributed by atoms with E-state index in [0.717, 1.165) is 11.3 Å². The van der Waals surface area contributed by atoms with Crippen LogP contribution in [0.1, 0.15) is 38.8 Å². The third-order valence-electron chi connectivity index (χ3n) is 2.80. The highest BCUT2D eigenvalue weighted by Gasteiger charge is 2.27. The van der Waals surface area contributed by atoms with Crippen molar-refractivity contribution in [1.82, 2.24) is 5.32 Å². The highest BCUT2D eigenvalue weighted by atomic mass is 16.6. The van der Waals surface area contributed by atoms with Crippen LogP contribution in [0.2, 0.25) is 0 Å². The molecule has 3 N–H and O–H groups in total. The number of nitrogen functional groups attached to an aromatic ring is 1. The first kappa shape index (κ1) is 13.5. The molecular weight excluding hydrogens is 244 g/mol. The molecule has 0 radical (unpaired) electrons. The van der Waals surface area contributed by atoms with Crippen LogP contribution in [-0.4, -0.2) is 18.3 Å². The summed E-state index contributed by atoms with van der Waals surface area (Å²) in [4.78, 5) is 11.8. The second-order valence-electron chi connectivity index (χ2n) is 5.60. The van der Waals surface area contributed by atoms with E-state index in [1.165, 1.54) is 0 Å². The minimum Gasteiger partial charge on any atom is -0.493 e. The molecule has 0 aromatic heterocycles. The monoisotopic (exact) mass is 264 g/mol. The quantitative estimate of drug-likeness (QED) is 0.765. The molecule has 1 unspecified atom stereocenters. The van der Waals surface area contributed by atoms with Crippen molar-refractivity contribution in [2.75, 3.05) is 12.3 Å². The van der Waals surface area contributed by atoms with Crippen molar-refractivity contribution in [2.24, 2.45) is 0 Å². The van der Waals surface area contributed by atoms with Crippen LogP contribution < -0.4 is 15.8 Å². The molecule has 5 nitrogen and oxygen atoms in total. The highest BCUT2D eigenvalue weighted by molar-refractivity contribution is 5.70. The Kier molecular flexibility index (Phi) is 3.55. The Bertz CT molecular complexity index is 480. The number of carbonyl (C=O) groups excluding carboxylic acids is 1. The van der Waals surface area contributed by atoms with E-state index in [1.54, 1.807) is 6.07 Å². The summed E-state index contributed by atoms with van der Waals surface area (Å²) in [6.45, 7) is 6.05. The van der Waals surface area contributed by atoms with Gasteiger partial charge in [-0.05, 0) is 32.9 Å². The number of anilines is 1. The topological polar surface area (TPSA) is 73.6 Å². The fourth-order valence-electron chi connectivity index (χ4n) is 2.08. The highest BCUT2D eigenvalue weighted by Crippen LogP contribution is 2.36. The molecule has 5 heteroatoms. The summed E-state index contributed by atoms with van der Waals surface area (Å²) < 4.78 is 10.8. The number of alkyl carbamates (subject to hydrolysis) is 1. The van der Waals surface area contributed by atoms with Gasteiger partial charge in [-0.3, -0.25) is 0 Å². The van der Waals surface area contributed by atoms with Gasteiger partial charge in [-0.1, -0.05) is 6.07 Å². The number of rotatable bonds is 1. The Morgan fingerprint density at radius 3 is 2.89 bits per heavy atom. The summed E-state index contributed by atoms with van der Waals surface area (Å²) >= 11 is 0. The largest absolute Gasteiger partial charge is 0.493 e. The molecular formula is C14H20N2O3. The van der Waals surface area contributed by atoms with E-state index in [-0.39, 0.29) is 6.04 Å². The molecule has 0 bridgehead atoms. The lowest BCUT2D eigenvalue weighted by Crippen LogP contribution is -2.37. The lowest BCUT2D eigenvalue weighted by atomic mass is 9.99. The fourth-order valence-corrected chi connectivity index (χ4v) is 2.08. The number of hydrogen-bond acceptors (Lipinski definition) is 4. The van der Waals surface area contributed by atoms with Gasteiger partial charge < -0.3 is 20.5 Å². The van der Waals surface area contributed by atoms with Crippen LogP contribution in [0.4, 0.5) is 10.5 Å². The van der Waals surface area contributed by atoms with Crippen molar-refractivity contribution >= 4 is 11.8 Å². The standard InChI is InChI=1S/C14H20N2O3/c1-14(2,3)19-13(17)16-10-7-8-18-11-6-4-5-9(15)12(10)11/h4-6,10H,7-8,15H2,1-3H3,(H,16,17). The Balaban J connectivity index is 2.14. The van der Waals surface area contributed by atoms with Crippen LogP contribution in [0.15, 0.2) is 18.2 Å². The van der Waals surface area contributed by atoms with Crippen molar-refractivity contribution < 1.29 is 14.3 Å². The first-order valence-electron chi connectivity index (χ1n) is 6.37. The van der Waals surface area contributed by atoms with Crippen LogP contribution in [0, 0.1) is 0 Å². The molecule has 1 aliphatic rings. The fraction of sp³-hybridized carbons (Fsp3) is 0.500. The lowest BCUT2D eigenvalue weighted by molar-refractivity contribution is 0.0491. The van der Waals surface area contributed by atoms with Crippen LogP contribution in [-0.2, 0) is 4.74 Å². The van der Waals surface area contributed by atoms with Gasteiger partial charge in [-0.2, -0.15) is 0 Å². The van der Waals surface area contributed by atoms with Gasteiger partial charge in [0.1, 0.15) is 11.4 Å². The second kappa shape index (κ2) is 4.99. The maximum Gasteiger partial charge on any atom is 0.408 e. The average Bonchev–Trinajstić information content (AvgIpc) is 2.26. The zero-order chi connectivity index (χ0) is 14.0. The number of benzene rings is 1. The third kappa shape index (κ3) is 3.30. The molecule has 1 aromatic carbocycles. The first-order valence-corrected chi connectivity index (χ1v) is 6.37. The average molecular weight is 264 g/mol. The molecule has 19 heavy (non-hydrogen) atoms. The van der Waals surface area contributed by atoms with Crippen molar-refractivity contribution in [1.29, 1.82) is 0 Å². The molecule has 1 atom stereocenters. The molecule has 2 rings (SSSR count). The smallest absolute Gasteiger partial charge is 0.408 e. The van der Waals surface area contributed by atoms with Crippen LogP contribution in [0.25, 0.3) is 0 Å². The number of fused-ring (bicyclic) bond motifs is 1. The van der Waals surface area contributed by atoms with E-state index in [9.17, 15) is 4.79 Å². The van der Waals surface area contributed by atoms with E-state index in [2.05, 4.69) is 5.32 Å². The van der Waals surface area contributed by atoms with Gasteiger partial charge in [0, 0.05) is 17.7 Å². The number of nitrogens with two attached hydrogens (primary N) is 1. The van der Waals surface area contributed by atoms with Crippen LogP contribution >= 0.6 is 0 Å². The maximum absolute atomic E-state index is 11.8. The summed E-state index contributed by atoms with van der Waals surface area (Å²) in [5, 5.41) is 2.85. The maximum atomic E-state index is 11.8. The number of ether oxygens (including phenoxy) is 2. The molecule has 0 fully saturated rings. The normalized spacial score (nSPS) is 18.2. The Hall–Kier alpha value is -1.91. The van der Waals surface area contributed by atoms with Crippen molar-refractivity contribution in [3.8, 4) is 5.75 Å². The third-order valence-corrected chi connectivity index (χ3v) is 2.80. The van der Waals surface area contributed by atoms with Gasteiger partial charge in [-0.15, -0.1) is 0 Å². The van der Waals surface area contributed by atoms with Gasteiger partial charge in [0.05, 0.1) is 12.6 Å². The van der Waals surface area contributed by atoms with Gasteiger partial charge in [0.15, 0.2) is 0 Å². The van der Waals surface area contributed by atoms with Crippen LogP contribution in [0.3, 0.4) is 0 Å². The molecule has 0 saturated heterocycles. The molecule has 0 aliphatic carbocycles. The molecule has 104 valence electrons. The van der Waals surface area contributed by atoms with Crippen LogP contribution in [0.5, 0.6) is 5.75 Å². The van der Waals surface area contributed by atoms with Crippen molar-refractivity contribution in [3.63, 3.8) is 0 Å². The number of amides is 1. The Morgan fingerprint density at radius 2 is 2.21 bits per heavy atom. The molecule has 1 amide bonds. The lowest BCUT2D eigenvalue weighted by Gasteiger charge is -2.29. The Labute approximate surface area is 113 Å². The van der Waals surface area contributed by atoms with E-state index in [4.69, 9.17) is 15.2 Å². The molecule has 0 spiro atoms. The Morgan fingerprint density at radius 1 is 1.47 bits per heavy atom. The predicted molar refractivity (Wildman–Crippen MR) is 73.1 cm³/mol. The number of nitrogens with one attached hydrogen (secondary N) is 1. The van der Waals surface area contributed by atoms with Gasteiger partial charge in [-0.25, -0.2) is 4.79 Å². The number of hydrogen-bond donors (Lipinski definition) is 2. The van der Waals surface area contributed by atoms with Crippen molar-refractivity contribution in [2.45, 2.75) is 38.8 Å². The summed E-state index contributed by atoms with van der Waals surface area (Å²) in [5.41, 5.74) is 6.91. The van der Waals surface area contributed by atoms with E-state index in [0.29, 0.717) is 18.7 Å². The summed E-state index contributed by atoms with van der Waals surface area (Å²) in [7, 11) is 0. The zero-order valence-corrected chi connectivity index (χ0v) is 11.5. The SMILES string of the molecule is CC(C)(C)OC(=O)NC1CCOc2cccc(N)c21. The minimum atomic E-state index is -0.514. The van der Waals surface area contributed by atoms with E-state index >= 15 is 0 Å². The predicted octanol–water partition coefficient (Wildman–Crippen LogP) is 2.62. The first-order chi connectivity index (χ1) is 8.87. The van der Waals surface area contributed by atoms with Gasteiger partial charge >= 0.3 is 6.09 Å². The summed E-state index contributed by atoms with van der Waals surface area (Å²) in [5.74, 6) is 0.729. The number of carbonyl (C=O) groups is 1. The van der Waals surface area contributed by atoms with Gasteiger partial charge in [0.25, 0.3) is 0 Å². The van der Waals surface area contributed by atoms with Gasteiger partial charge in [0.2, 0.25) is 0 Å².